The molecule has 0 aliphatic rings. The highest BCUT2D eigenvalue weighted by Crippen LogP contribution is 2.23. The molecule has 0 aliphatic heterocycles. The van der Waals surface area contributed by atoms with Crippen LogP contribution in [0.1, 0.15) is 28.4 Å². The highest BCUT2D eigenvalue weighted by Gasteiger charge is 2.23. The van der Waals surface area contributed by atoms with Gasteiger partial charge in [0.1, 0.15) is 11.9 Å². The minimum atomic E-state index is -1.40. The van der Waals surface area contributed by atoms with Crippen molar-refractivity contribution >= 4 is 17.5 Å². The lowest BCUT2D eigenvalue weighted by atomic mass is 9.97. The average molecular weight is 262 g/mol. The van der Waals surface area contributed by atoms with Crippen molar-refractivity contribution in [2.24, 2.45) is 5.73 Å². The third-order valence-electron chi connectivity index (χ3n) is 2.37. The van der Waals surface area contributed by atoms with Crippen molar-refractivity contribution < 1.29 is 19.4 Å². The molecule has 0 aromatic heterocycles. The molecule has 2 atom stereocenters. The number of carbonyl (C=O) groups excluding carboxylic acids is 1. The minimum Gasteiger partial charge on any atom is -0.390 e. The summed E-state index contributed by atoms with van der Waals surface area (Å²) in [7, 11) is 0. The molecule has 4 N–H and O–H groups in total. The predicted octanol–water partition coefficient (Wildman–Crippen LogP) is 0.948. The van der Waals surface area contributed by atoms with Crippen LogP contribution in [0.5, 0.6) is 0 Å². The standard InChI is InChI=1S/C11H13ClFNO3/c12-4-3-9(15)10(16)8-5-6(13)1-2-7(8)11(14)17/h1-2,5,9-10,15-16H,3-4H2,(H2,14,17). The number of nitrogens with two attached hydrogens (primary N) is 1. The van der Waals surface area contributed by atoms with Crippen molar-refractivity contribution in [1.29, 1.82) is 0 Å². The predicted molar refractivity (Wildman–Crippen MR) is 61.2 cm³/mol. The molecule has 17 heavy (non-hydrogen) atoms. The number of primary amides is 1. The van der Waals surface area contributed by atoms with Crippen LogP contribution in [-0.2, 0) is 0 Å². The van der Waals surface area contributed by atoms with Gasteiger partial charge in [-0.2, -0.15) is 0 Å². The molecular weight excluding hydrogens is 249 g/mol. The summed E-state index contributed by atoms with van der Waals surface area (Å²) < 4.78 is 13.0. The zero-order chi connectivity index (χ0) is 13.0. The molecule has 1 aromatic rings. The number of carbonyl (C=O) groups is 1. The molecule has 0 aliphatic carbocycles. The summed E-state index contributed by atoms with van der Waals surface area (Å²) in [5.41, 5.74) is 5.04. The van der Waals surface area contributed by atoms with E-state index < -0.39 is 23.9 Å². The van der Waals surface area contributed by atoms with E-state index in [1.165, 1.54) is 6.07 Å². The molecule has 0 fully saturated rings. The van der Waals surface area contributed by atoms with Gasteiger partial charge in [-0.25, -0.2) is 4.39 Å². The van der Waals surface area contributed by atoms with Crippen molar-refractivity contribution in [2.45, 2.75) is 18.6 Å². The monoisotopic (exact) mass is 261 g/mol. The van der Waals surface area contributed by atoms with E-state index in [4.69, 9.17) is 17.3 Å². The molecule has 0 bridgehead atoms. The fraction of sp³-hybridized carbons (Fsp3) is 0.364. The van der Waals surface area contributed by atoms with Crippen molar-refractivity contribution in [3.8, 4) is 0 Å². The van der Waals surface area contributed by atoms with Crippen LogP contribution in [0.15, 0.2) is 18.2 Å². The normalized spacial score (nSPS) is 14.4. The molecule has 1 rings (SSSR count). The van der Waals surface area contributed by atoms with Crippen LogP contribution in [0.2, 0.25) is 0 Å². The highest BCUT2D eigenvalue weighted by atomic mass is 35.5. The summed E-state index contributed by atoms with van der Waals surface area (Å²) in [6, 6.07) is 3.20. The van der Waals surface area contributed by atoms with Crippen molar-refractivity contribution in [3.05, 3.63) is 35.1 Å². The van der Waals surface area contributed by atoms with Crippen LogP contribution in [0, 0.1) is 5.82 Å². The fourth-order valence-electron chi connectivity index (χ4n) is 1.48. The number of rotatable bonds is 5. The fourth-order valence-corrected chi connectivity index (χ4v) is 1.70. The third kappa shape index (κ3) is 3.39. The number of alkyl halides is 1. The van der Waals surface area contributed by atoms with Gasteiger partial charge in [0.25, 0.3) is 0 Å². The van der Waals surface area contributed by atoms with Gasteiger partial charge < -0.3 is 15.9 Å². The van der Waals surface area contributed by atoms with Crippen LogP contribution in [0.3, 0.4) is 0 Å². The van der Waals surface area contributed by atoms with Gasteiger partial charge in [0.05, 0.1) is 6.10 Å². The molecule has 0 radical (unpaired) electrons. The molecule has 6 heteroatoms. The van der Waals surface area contributed by atoms with Gasteiger partial charge in [0.2, 0.25) is 5.91 Å². The highest BCUT2D eigenvalue weighted by molar-refractivity contribution is 6.17. The largest absolute Gasteiger partial charge is 0.390 e. The molecule has 1 amide bonds. The SMILES string of the molecule is NC(=O)c1ccc(F)cc1C(O)C(O)CCCl. The van der Waals surface area contributed by atoms with E-state index >= 15 is 0 Å². The number of hydrogen-bond donors (Lipinski definition) is 3. The van der Waals surface area contributed by atoms with Crippen LogP contribution in [0.25, 0.3) is 0 Å². The number of aliphatic hydroxyl groups excluding tert-OH is 2. The van der Waals surface area contributed by atoms with Crippen LogP contribution < -0.4 is 5.73 Å². The zero-order valence-corrected chi connectivity index (χ0v) is 9.69. The molecular formula is C11H13ClFNO3. The van der Waals surface area contributed by atoms with Gasteiger partial charge in [-0.3, -0.25) is 4.79 Å². The van der Waals surface area contributed by atoms with Crippen LogP contribution in [0.4, 0.5) is 4.39 Å². The van der Waals surface area contributed by atoms with E-state index in [9.17, 15) is 19.4 Å². The van der Waals surface area contributed by atoms with E-state index in [2.05, 4.69) is 0 Å². The molecule has 0 heterocycles. The Morgan fingerprint density at radius 3 is 2.65 bits per heavy atom. The lowest BCUT2D eigenvalue weighted by Crippen LogP contribution is -2.23. The molecule has 0 spiro atoms. The molecule has 0 saturated carbocycles. The maximum atomic E-state index is 13.0. The Balaban J connectivity index is 3.10. The lowest BCUT2D eigenvalue weighted by Gasteiger charge is -2.19. The Labute approximate surface area is 103 Å². The van der Waals surface area contributed by atoms with Gasteiger partial charge in [0.15, 0.2) is 0 Å². The molecule has 4 nitrogen and oxygen atoms in total. The second kappa shape index (κ2) is 5.95. The van der Waals surface area contributed by atoms with Crippen molar-refractivity contribution in [1.82, 2.24) is 0 Å². The summed E-state index contributed by atoms with van der Waals surface area (Å²) in [5.74, 6) is -1.28. The lowest BCUT2D eigenvalue weighted by molar-refractivity contribution is 0.0164. The molecule has 94 valence electrons. The van der Waals surface area contributed by atoms with Crippen LogP contribution >= 0.6 is 11.6 Å². The Morgan fingerprint density at radius 2 is 2.12 bits per heavy atom. The summed E-state index contributed by atoms with van der Waals surface area (Å²) in [6.45, 7) is 0. The van der Waals surface area contributed by atoms with E-state index in [1.807, 2.05) is 0 Å². The van der Waals surface area contributed by atoms with Crippen molar-refractivity contribution in [2.75, 3.05) is 5.88 Å². The topological polar surface area (TPSA) is 83.6 Å². The van der Waals surface area contributed by atoms with Crippen LogP contribution in [-0.4, -0.2) is 28.1 Å². The minimum absolute atomic E-state index is 0.0208. The number of halogens is 2. The Morgan fingerprint density at radius 1 is 1.47 bits per heavy atom. The van der Waals surface area contributed by atoms with E-state index in [0.717, 1.165) is 12.1 Å². The molecule has 1 aromatic carbocycles. The Hall–Kier alpha value is -1.17. The first kappa shape index (κ1) is 13.9. The first-order valence-corrected chi connectivity index (χ1v) is 5.52. The number of aliphatic hydroxyl groups is 2. The van der Waals surface area contributed by atoms with E-state index in [-0.39, 0.29) is 23.4 Å². The summed E-state index contributed by atoms with van der Waals surface area (Å²) >= 11 is 5.42. The van der Waals surface area contributed by atoms with Gasteiger partial charge >= 0.3 is 0 Å². The summed E-state index contributed by atoms with van der Waals surface area (Å²) in [4.78, 5) is 11.1. The second-order valence-corrected chi connectivity index (χ2v) is 3.96. The van der Waals surface area contributed by atoms with E-state index in [0.29, 0.717) is 0 Å². The number of benzene rings is 1. The maximum absolute atomic E-state index is 13.0. The maximum Gasteiger partial charge on any atom is 0.249 e. The van der Waals surface area contributed by atoms with Gasteiger partial charge in [0, 0.05) is 11.4 Å². The summed E-state index contributed by atoms with van der Waals surface area (Å²) in [5, 5.41) is 19.4. The first-order valence-electron chi connectivity index (χ1n) is 4.98. The molecule has 0 saturated heterocycles. The third-order valence-corrected chi connectivity index (χ3v) is 2.59. The average Bonchev–Trinajstić information content (AvgIpc) is 2.27. The van der Waals surface area contributed by atoms with Crippen molar-refractivity contribution in [3.63, 3.8) is 0 Å². The number of hydrogen-bond acceptors (Lipinski definition) is 3. The second-order valence-electron chi connectivity index (χ2n) is 3.59. The molecule has 2 unspecified atom stereocenters. The zero-order valence-electron chi connectivity index (χ0n) is 8.94. The van der Waals surface area contributed by atoms with Gasteiger partial charge in [-0.05, 0) is 30.2 Å². The number of amides is 1. The first-order chi connectivity index (χ1) is 7.97. The van der Waals surface area contributed by atoms with Gasteiger partial charge in [-0.15, -0.1) is 11.6 Å². The van der Waals surface area contributed by atoms with E-state index in [1.54, 1.807) is 0 Å². The Kier molecular flexibility index (Phi) is 4.86. The smallest absolute Gasteiger partial charge is 0.249 e. The van der Waals surface area contributed by atoms with Gasteiger partial charge in [-0.1, -0.05) is 0 Å². The Bertz CT molecular complexity index is 414. The summed E-state index contributed by atoms with van der Waals surface area (Å²) in [6.07, 6.45) is -2.45. The quantitative estimate of drug-likeness (QED) is 0.690.